The van der Waals surface area contributed by atoms with Crippen molar-refractivity contribution in [2.45, 2.75) is 58.9 Å². The summed E-state index contributed by atoms with van der Waals surface area (Å²) >= 11 is 0. The SMILES string of the molecule is CC(C)(C)c1cc(C[N+](C)(C)O)cc(C(C)(C)C)c1. The number of benzene rings is 1. The van der Waals surface area contributed by atoms with E-state index in [1.807, 2.05) is 0 Å². The van der Waals surface area contributed by atoms with Gasteiger partial charge in [0.15, 0.2) is 0 Å². The van der Waals surface area contributed by atoms with Crippen LogP contribution < -0.4 is 0 Å². The first-order valence-corrected chi connectivity index (χ1v) is 7.00. The molecule has 1 aromatic rings. The van der Waals surface area contributed by atoms with Gasteiger partial charge in [0.2, 0.25) is 0 Å². The van der Waals surface area contributed by atoms with Crippen LogP contribution in [0, 0.1) is 0 Å². The smallest absolute Gasteiger partial charge is 0.134 e. The zero-order chi connectivity index (χ0) is 15.1. The van der Waals surface area contributed by atoms with Crippen LogP contribution in [-0.2, 0) is 17.4 Å². The normalized spacial score (nSPS) is 13.7. The van der Waals surface area contributed by atoms with Crippen LogP contribution in [0.1, 0.15) is 58.2 Å². The molecule has 0 amide bonds. The zero-order valence-electron chi connectivity index (χ0n) is 13.8. The lowest BCUT2D eigenvalue weighted by Crippen LogP contribution is -2.34. The van der Waals surface area contributed by atoms with Crippen molar-refractivity contribution in [3.63, 3.8) is 0 Å². The molecule has 1 N–H and O–H groups in total. The molecule has 1 rings (SSSR count). The number of hydrogen-bond acceptors (Lipinski definition) is 1. The average Bonchev–Trinajstić information content (AvgIpc) is 2.11. The molecule has 0 fully saturated rings. The molecule has 1 aromatic carbocycles. The van der Waals surface area contributed by atoms with Gasteiger partial charge in [-0.1, -0.05) is 47.6 Å². The second kappa shape index (κ2) is 4.92. The van der Waals surface area contributed by atoms with Gasteiger partial charge in [0.25, 0.3) is 0 Å². The second-order valence-corrected chi connectivity index (χ2v) is 8.20. The summed E-state index contributed by atoms with van der Waals surface area (Å²) in [5.74, 6) is 0. The van der Waals surface area contributed by atoms with Crippen molar-refractivity contribution in [3.8, 4) is 0 Å². The van der Waals surface area contributed by atoms with E-state index in [2.05, 4.69) is 59.7 Å². The summed E-state index contributed by atoms with van der Waals surface area (Å²) in [5.41, 5.74) is 4.13. The molecular weight excluding hydrogens is 234 g/mol. The maximum Gasteiger partial charge on any atom is 0.134 e. The molecule has 2 nitrogen and oxygen atoms in total. The first kappa shape index (κ1) is 16.2. The molecule has 0 bridgehead atoms. The fraction of sp³-hybridized carbons (Fsp3) is 0.647. The molecule has 0 aliphatic rings. The molecule has 0 saturated heterocycles. The predicted molar refractivity (Wildman–Crippen MR) is 81.4 cm³/mol. The van der Waals surface area contributed by atoms with Gasteiger partial charge >= 0.3 is 0 Å². The Morgan fingerprint density at radius 1 is 0.842 bits per heavy atom. The summed E-state index contributed by atoms with van der Waals surface area (Å²) in [6.45, 7) is 14.0. The molecule has 0 aliphatic heterocycles. The van der Waals surface area contributed by atoms with Gasteiger partial charge < -0.3 is 0 Å². The number of hydrogen-bond donors (Lipinski definition) is 1. The van der Waals surface area contributed by atoms with Crippen LogP contribution in [0.2, 0.25) is 0 Å². The van der Waals surface area contributed by atoms with Crippen LogP contribution in [0.4, 0.5) is 0 Å². The van der Waals surface area contributed by atoms with Gasteiger partial charge in [0.1, 0.15) is 6.54 Å². The van der Waals surface area contributed by atoms with Crippen LogP contribution in [0.5, 0.6) is 0 Å². The molecule has 2 heteroatoms. The van der Waals surface area contributed by atoms with Crippen molar-refractivity contribution in [1.82, 2.24) is 0 Å². The van der Waals surface area contributed by atoms with E-state index in [0.29, 0.717) is 6.54 Å². The van der Waals surface area contributed by atoms with Crippen molar-refractivity contribution >= 4 is 0 Å². The van der Waals surface area contributed by atoms with Gasteiger partial charge in [-0.25, -0.2) is 5.21 Å². The van der Waals surface area contributed by atoms with Gasteiger partial charge in [0, 0.05) is 5.56 Å². The Balaban J connectivity index is 3.33. The monoisotopic (exact) mass is 264 g/mol. The Labute approximate surface area is 118 Å². The van der Waals surface area contributed by atoms with Crippen molar-refractivity contribution in [2.75, 3.05) is 14.1 Å². The van der Waals surface area contributed by atoms with E-state index in [-0.39, 0.29) is 15.5 Å². The van der Waals surface area contributed by atoms with E-state index in [1.165, 1.54) is 16.7 Å². The molecule has 108 valence electrons. The molecule has 19 heavy (non-hydrogen) atoms. The number of hydroxylamine groups is 3. The third-order valence-corrected chi connectivity index (χ3v) is 3.29. The van der Waals surface area contributed by atoms with Gasteiger partial charge in [-0.2, -0.15) is 4.65 Å². The topological polar surface area (TPSA) is 20.2 Å². The summed E-state index contributed by atoms with van der Waals surface area (Å²) < 4.78 is -0.0306. The van der Waals surface area contributed by atoms with Crippen LogP contribution >= 0.6 is 0 Å². The maximum absolute atomic E-state index is 10.00. The Morgan fingerprint density at radius 3 is 1.47 bits per heavy atom. The molecule has 0 unspecified atom stereocenters. The quantitative estimate of drug-likeness (QED) is 0.625. The lowest BCUT2D eigenvalue weighted by atomic mass is 9.79. The Hall–Kier alpha value is -0.860. The molecule has 0 spiro atoms. The predicted octanol–water partition coefficient (Wildman–Crippen LogP) is 4.25. The summed E-state index contributed by atoms with van der Waals surface area (Å²) in [4.78, 5) is 0. The molecule has 0 atom stereocenters. The molecule has 0 saturated carbocycles. The van der Waals surface area contributed by atoms with Crippen molar-refractivity contribution in [2.24, 2.45) is 0 Å². The number of rotatable bonds is 2. The standard InChI is InChI=1S/C17H30NO/c1-16(2,3)14-9-13(12-18(7,8)19)10-15(11-14)17(4,5)6/h9-11,19H,12H2,1-8H3/q+1. The first-order valence-electron chi connectivity index (χ1n) is 7.00. The molecule has 0 aromatic heterocycles. The van der Waals surface area contributed by atoms with Crippen LogP contribution in [-0.4, -0.2) is 23.9 Å². The van der Waals surface area contributed by atoms with Crippen LogP contribution in [0.15, 0.2) is 18.2 Å². The van der Waals surface area contributed by atoms with Gasteiger partial charge in [-0.3, -0.25) is 0 Å². The average molecular weight is 264 g/mol. The minimum Gasteiger partial charge on any atom is -0.217 e. The first-order chi connectivity index (χ1) is 8.29. The third-order valence-electron chi connectivity index (χ3n) is 3.29. The highest BCUT2D eigenvalue weighted by molar-refractivity contribution is 5.37. The molecule has 0 radical (unpaired) electrons. The van der Waals surface area contributed by atoms with Crippen LogP contribution in [0.3, 0.4) is 0 Å². The summed E-state index contributed by atoms with van der Waals surface area (Å²) in [5, 5.41) is 10.00. The minimum atomic E-state index is -0.0306. The Kier molecular flexibility index (Phi) is 4.19. The lowest BCUT2D eigenvalue weighted by molar-refractivity contribution is -1.08. The number of nitrogens with zero attached hydrogens (tertiary/aromatic N) is 1. The highest BCUT2D eigenvalue weighted by atomic mass is 16.5. The highest BCUT2D eigenvalue weighted by Crippen LogP contribution is 2.30. The van der Waals surface area contributed by atoms with Gasteiger partial charge in [-0.15, -0.1) is 0 Å². The van der Waals surface area contributed by atoms with Crippen molar-refractivity contribution in [3.05, 3.63) is 34.9 Å². The molecule has 0 heterocycles. The van der Waals surface area contributed by atoms with Crippen molar-refractivity contribution < 1.29 is 9.85 Å². The fourth-order valence-electron chi connectivity index (χ4n) is 2.10. The fourth-order valence-corrected chi connectivity index (χ4v) is 2.10. The van der Waals surface area contributed by atoms with Gasteiger partial charge in [0.05, 0.1) is 14.1 Å². The maximum atomic E-state index is 10.00. The van der Waals surface area contributed by atoms with E-state index >= 15 is 0 Å². The largest absolute Gasteiger partial charge is 0.217 e. The van der Waals surface area contributed by atoms with Crippen LogP contribution in [0.25, 0.3) is 0 Å². The summed E-state index contributed by atoms with van der Waals surface area (Å²) in [6.07, 6.45) is 0. The molecular formula is C17H30NO+. The summed E-state index contributed by atoms with van der Waals surface area (Å²) in [6, 6.07) is 6.76. The minimum absolute atomic E-state index is 0.0306. The van der Waals surface area contributed by atoms with E-state index in [4.69, 9.17) is 0 Å². The van der Waals surface area contributed by atoms with E-state index in [1.54, 1.807) is 14.1 Å². The number of quaternary nitrogens is 1. The highest BCUT2D eigenvalue weighted by Gasteiger charge is 2.22. The second-order valence-electron chi connectivity index (χ2n) is 8.20. The zero-order valence-corrected chi connectivity index (χ0v) is 13.8. The Bertz CT molecular complexity index is 410. The lowest BCUT2D eigenvalue weighted by Gasteiger charge is -2.27. The third kappa shape index (κ3) is 4.96. The summed E-state index contributed by atoms with van der Waals surface area (Å²) in [7, 11) is 3.61. The van der Waals surface area contributed by atoms with E-state index in [9.17, 15) is 5.21 Å². The Morgan fingerprint density at radius 2 is 1.21 bits per heavy atom. The van der Waals surface area contributed by atoms with E-state index in [0.717, 1.165) is 0 Å². The van der Waals surface area contributed by atoms with Gasteiger partial charge in [-0.05, 0) is 34.1 Å². The molecule has 0 aliphatic carbocycles. The van der Waals surface area contributed by atoms with E-state index < -0.39 is 0 Å². The van der Waals surface area contributed by atoms with Crippen molar-refractivity contribution in [1.29, 1.82) is 0 Å².